The molecule has 1 fully saturated rings. The van der Waals surface area contributed by atoms with Crippen LogP contribution in [0.15, 0.2) is 60.7 Å². The van der Waals surface area contributed by atoms with Crippen molar-refractivity contribution in [1.82, 2.24) is 10.2 Å². The smallest absolute Gasteiger partial charge is 0.234 e. The summed E-state index contributed by atoms with van der Waals surface area (Å²) in [5.74, 6) is 0.0400. The van der Waals surface area contributed by atoms with Gasteiger partial charge < -0.3 is 22.5 Å². The van der Waals surface area contributed by atoms with Gasteiger partial charge in [-0.3, -0.25) is 9.69 Å². The molecule has 2 aromatic rings. The van der Waals surface area contributed by atoms with E-state index in [1.54, 1.807) is 0 Å². The highest BCUT2D eigenvalue weighted by atomic mass is 35.5. The molecule has 4 nitrogen and oxygen atoms in total. The molecule has 2 aromatic carbocycles. The van der Waals surface area contributed by atoms with Crippen LogP contribution in [0, 0.1) is 0 Å². The highest BCUT2D eigenvalue weighted by molar-refractivity contribution is 5.91. The minimum atomic E-state index is -0.701. The number of carbonyl (C=O) groups excluding carboxylic acids is 1. The third-order valence-corrected chi connectivity index (χ3v) is 4.97. The van der Waals surface area contributed by atoms with E-state index in [2.05, 4.69) is 10.2 Å². The minimum Gasteiger partial charge on any atom is -1.00 e. The Balaban J connectivity index is 0.00000243. The number of ether oxygens (including phenoxy) is 1. The lowest BCUT2D eigenvalue weighted by atomic mass is 9.75. The first kappa shape index (κ1) is 20.4. The highest BCUT2D eigenvalue weighted by Gasteiger charge is 2.36. The Kier molecular flexibility index (Phi) is 7.64. The van der Waals surface area contributed by atoms with Crippen LogP contribution < -0.4 is 17.7 Å². The first-order valence-electron chi connectivity index (χ1n) is 8.91. The second-order valence-electron chi connectivity index (χ2n) is 6.57. The van der Waals surface area contributed by atoms with E-state index in [-0.39, 0.29) is 18.3 Å². The van der Waals surface area contributed by atoms with Gasteiger partial charge in [-0.15, -0.1) is 0 Å². The van der Waals surface area contributed by atoms with Crippen LogP contribution in [0.3, 0.4) is 0 Å². The number of rotatable bonds is 6. The largest absolute Gasteiger partial charge is 1.00 e. The topological polar surface area (TPSA) is 41.6 Å². The number of halogens is 1. The molecule has 1 amide bonds. The second kappa shape index (κ2) is 9.72. The van der Waals surface area contributed by atoms with Crippen molar-refractivity contribution in [2.24, 2.45) is 0 Å². The maximum atomic E-state index is 13.2. The fourth-order valence-corrected chi connectivity index (χ4v) is 3.30. The number of nitrogens with zero attached hydrogens (tertiary/aromatic N) is 1. The van der Waals surface area contributed by atoms with Gasteiger partial charge in [-0.05, 0) is 18.1 Å². The monoisotopic (exact) mass is 373 g/mol. The molecule has 0 aromatic heterocycles. The first-order valence-corrected chi connectivity index (χ1v) is 8.91. The fraction of sp³-hybridized carbons (Fsp3) is 0.381. The SMILES string of the molecule is CC(C(=O)NCCN1CCOCC1)(c1ccccc1)c1ccccc1.[Cl-]. The molecule has 1 heterocycles. The van der Waals surface area contributed by atoms with Gasteiger partial charge in [0.2, 0.25) is 5.91 Å². The zero-order valence-corrected chi connectivity index (χ0v) is 15.9. The summed E-state index contributed by atoms with van der Waals surface area (Å²) < 4.78 is 5.37. The van der Waals surface area contributed by atoms with Crippen LogP contribution in [0.2, 0.25) is 0 Å². The summed E-state index contributed by atoms with van der Waals surface area (Å²) in [7, 11) is 0. The Morgan fingerprint density at radius 3 is 2.00 bits per heavy atom. The normalized spacial score (nSPS) is 15.1. The third kappa shape index (κ3) is 4.64. The van der Waals surface area contributed by atoms with Crippen molar-refractivity contribution >= 4 is 5.91 Å². The summed E-state index contributed by atoms with van der Waals surface area (Å²) in [5.41, 5.74) is 1.31. The predicted molar refractivity (Wildman–Crippen MR) is 99.6 cm³/mol. The Bertz CT molecular complexity index is 633. The van der Waals surface area contributed by atoms with Crippen LogP contribution in [-0.4, -0.2) is 50.2 Å². The molecule has 0 atom stereocenters. The molecule has 0 spiro atoms. The van der Waals surface area contributed by atoms with Crippen LogP contribution >= 0.6 is 0 Å². The Morgan fingerprint density at radius 1 is 1.00 bits per heavy atom. The number of hydrogen-bond donors (Lipinski definition) is 1. The van der Waals surface area contributed by atoms with Crippen LogP contribution in [-0.2, 0) is 14.9 Å². The lowest BCUT2D eigenvalue weighted by Gasteiger charge is -2.31. The number of nitrogens with one attached hydrogen (secondary N) is 1. The lowest BCUT2D eigenvalue weighted by molar-refractivity contribution is -0.124. The van der Waals surface area contributed by atoms with Gasteiger partial charge in [0.15, 0.2) is 0 Å². The Hall–Kier alpha value is -1.88. The van der Waals surface area contributed by atoms with Gasteiger partial charge >= 0.3 is 0 Å². The Labute approximate surface area is 162 Å². The number of morpholine rings is 1. The summed E-state index contributed by atoms with van der Waals surface area (Å²) >= 11 is 0. The fourth-order valence-electron chi connectivity index (χ4n) is 3.30. The van der Waals surface area contributed by atoms with E-state index in [1.165, 1.54) is 0 Å². The average molecular weight is 374 g/mol. The molecule has 3 rings (SSSR count). The number of amides is 1. The highest BCUT2D eigenvalue weighted by Crippen LogP contribution is 2.32. The van der Waals surface area contributed by atoms with Gasteiger partial charge in [-0.25, -0.2) is 0 Å². The van der Waals surface area contributed by atoms with Crippen LogP contribution in [0.25, 0.3) is 0 Å². The van der Waals surface area contributed by atoms with E-state index in [9.17, 15) is 4.79 Å². The molecule has 0 saturated carbocycles. The third-order valence-electron chi connectivity index (χ3n) is 4.97. The molecule has 26 heavy (non-hydrogen) atoms. The van der Waals surface area contributed by atoms with Crippen LogP contribution in [0.4, 0.5) is 0 Å². The zero-order valence-electron chi connectivity index (χ0n) is 15.2. The number of benzene rings is 2. The van der Waals surface area contributed by atoms with Crippen molar-refractivity contribution in [3.63, 3.8) is 0 Å². The number of hydrogen-bond acceptors (Lipinski definition) is 3. The van der Waals surface area contributed by atoms with E-state index >= 15 is 0 Å². The summed E-state index contributed by atoms with van der Waals surface area (Å²) in [6.07, 6.45) is 0. The van der Waals surface area contributed by atoms with Crippen molar-refractivity contribution < 1.29 is 21.9 Å². The van der Waals surface area contributed by atoms with E-state index < -0.39 is 5.41 Å². The van der Waals surface area contributed by atoms with Crippen molar-refractivity contribution in [1.29, 1.82) is 0 Å². The van der Waals surface area contributed by atoms with Gasteiger partial charge in [0.1, 0.15) is 0 Å². The zero-order chi connectivity index (χ0) is 17.5. The second-order valence-corrected chi connectivity index (χ2v) is 6.57. The predicted octanol–water partition coefficient (Wildman–Crippen LogP) is -0.555. The Morgan fingerprint density at radius 2 is 1.50 bits per heavy atom. The van der Waals surface area contributed by atoms with E-state index in [0.717, 1.165) is 44.0 Å². The summed E-state index contributed by atoms with van der Waals surface area (Å²) in [4.78, 5) is 15.5. The average Bonchev–Trinajstić information content (AvgIpc) is 2.69. The molecule has 1 aliphatic heterocycles. The summed E-state index contributed by atoms with van der Waals surface area (Å²) in [5, 5.41) is 3.15. The van der Waals surface area contributed by atoms with Crippen molar-refractivity contribution in [2.75, 3.05) is 39.4 Å². The van der Waals surface area contributed by atoms with Gasteiger partial charge in [-0.1, -0.05) is 60.7 Å². The first-order chi connectivity index (χ1) is 12.2. The van der Waals surface area contributed by atoms with Crippen molar-refractivity contribution in [2.45, 2.75) is 12.3 Å². The summed E-state index contributed by atoms with van der Waals surface area (Å²) in [6, 6.07) is 20.0. The molecule has 0 aliphatic carbocycles. The molecule has 140 valence electrons. The maximum absolute atomic E-state index is 13.2. The van der Waals surface area contributed by atoms with Crippen molar-refractivity contribution in [3.8, 4) is 0 Å². The molecule has 1 N–H and O–H groups in total. The molecule has 1 aliphatic rings. The van der Waals surface area contributed by atoms with Crippen LogP contribution in [0.5, 0.6) is 0 Å². The molecule has 0 bridgehead atoms. The van der Waals surface area contributed by atoms with E-state index in [4.69, 9.17) is 4.74 Å². The van der Waals surface area contributed by atoms with Gasteiger partial charge in [0, 0.05) is 26.2 Å². The lowest BCUT2D eigenvalue weighted by Crippen LogP contribution is -3.00. The van der Waals surface area contributed by atoms with E-state index in [0.29, 0.717) is 6.54 Å². The van der Waals surface area contributed by atoms with Crippen molar-refractivity contribution in [3.05, 3.63) is 71.8 Å². The summed E-state index contributed by atoms with van der Waals surface area (Å²) in [6.45, 7) is 6.93. The quantitative estimate of drug-likeness (QED) is 0.738. The molecule has 5 heteroatoms. The van der Waals surface area contributed by atoms with Crippen LogP contribution in [0.1, 0.15) is 18.1 Å². The number of carbonyl (C=O) groups is 1. The molecule has 0 radical (unpaired) electrons. The molecule has 1 saturated heterocycles. The molecular weight excluding hydrogens is 348 g/mol. The standard InChI is InChI=1S/C21H26N2O2.ClH/c1-21(18-8-4-2-5-9-18,19-10-6-3-7-11-19)20(24)22-12-13-23-14-16-25-17-15-23;/h2-11H,12-17H2,1H3,(H,22,24);1H/p-1. The maximum Gasteiger partial charge on any atom is 0.234 e. The minimum absolute atomic E-state index is 0. The van der Waals surface area contributed by atoms with Gasteiger partial charge in [0.05, 0.1) is 18.6 Å². The molecule has 0 unspecified atom stereocenters. The van der Waals surface area contributed by atoms with E-state index in [1.807, 2.05) is 67.6 Å². The van der Waals surface area contributed by atoms with Gasteiger partial charge in [-0.2, -0.15) is 0 Å². The van der Waals surface area contributed by atoms with Gasteiger partial charge in [0.25, 0.3) is 0 Å². The molecular formula is C21H26ClN2O2-.